The van der Waals surface area contributed by atoms with E-state index in [1.807, 2.05) is 6.92 Å². The van der Waals surface area contributed by atoms with Crippen LogP contribution in [0.1, 0.15) is 19.4 Å². The monoisotopic (exact) mass is 577 g/mol. The van der Waals surface area contributed by atoms with Gasteiger partial charge in [-0.05, 0) is 79.6 Å². The fourth-order valence-corrected chi connectivity index (χ4v) is 7.19. The fraction of sp³-hybridized carbons (Fsp3) is 0.269. The third-order valence-corrected chi connectivity index (χ3v) is 10.1. The molecule has 1 heterocycles. The maximum Gasteiger partial charge on any atom is 0.264 e. The molecule has 0 spiro atoms. The lowest BCUT2D eigenvalue weighted by Crippen LogP contribution is -2.37. The van der Waals surface area contributed by atoms with E-state index in [1.54, 1.807) is 37.3 Å². The van der Waals surface area contributed by atoms with Crippen molar-refractivity contribution in [2.75, 3.05) is 35.9 Å². The van der Waals surface area contributed by atoms with E-state index in [-0.39, 0.29) is 22.9 Å². The molecule has 0 radical (unpaired) electrons. The van der Waals surface area contributed by atoms with Crippen LogP contribution in [0.25, 0.3) is 0 Å². The molecule has 4 rings (SSSR count). The van der Waals surface area contributed by atoms with Gasteiger partial charge in [0, 0.05) is 23.8 Å². The Labute approximate surface area is 228 Å². The Hall–Kier alpha value is -3.12. The zero-order chi connectivity index (χ0) is 27.5. The number of rotatable bonds is 10. The highest BCUT2D eigenvalue weighted by atomic mass is 35.5. The van der Waals surface area contributed by atoms with Crippen LogP contribution in [-0.4, -0.2) is 53.3 Å². The number of fused-ring (bicyclic) bond motifs is 1. The van der Waals surface area contributed by atoms with Crippen LogP contribution < -0.4 is 14.4 Å². The Bertz CT molecular complexity index is 1530. The SMILES string of the molecule is CCOc1ccc(S(=O)(=O)N(CC)CC(=O)Nc2ccc3c(c2)N(S(=O)(=O)c2ccc(Cl)cc2)CC3)cc1. The molecule has 38 heavy (non-hydrogen) atoms. The number of carbonyl (C=O) groups excluding carboxylic acids is 1. The minimum absolute atomic E-state index is 0.0520. The van der Waals surface area contributed by atoms with Gasteiger partial charge in [0.2, 0.25) is 15.9 Å². The van der Waals surface area contributed by atoms with Crippen molar-refractivity contribution in [3.8, 4) is 5.75 Å². The van der Waals surface area contributed by atoms with Gasteiger partial charge in [0.05, 0.1) is 28.6 Å². The normalized spacial score (nSPS) is 13.4. The first kappa shape index (κ1) is 27.9. The van der Waals surface area contributed by atoms with Crippen LogP contribution in [0.5, 0.6) is 5.75 Å². The highest BCUT2D eigenvalue weighted by Crippen LogP contribution is 2.35. The first-order valence-corrected chi connectivity index (χ1v) is 15.3. The molecule has 3 aromatic carbocycles. The molecule has 9 nitrogen and oxygen atoms in total. The summed E-state index contributed by atoms with van der Waals surface area (Å²) < 4.78 is 60.4. The molecule has 0 atom stereocenters. The van der Waals surface area contributed by atoms with E-state index in [2.05, 4.69) is 5.32 Å². The van der Waals surface area contributed by atoms with Crippen molar-refractivity contribution in [1.82, 2.24) is 4.31 Å². The number of likely N-dealkylation sites (N-methyl/N-ethyl adjacent to an activating group) is 1. The van der Waals surface area contributed by atoms with Gasteiger partial charge in [-0.15, -0.1) is 0 Å². The summed E-state index contributed by atoms with van der Waals surface area (Å²) in [6, 6.07) is 17.0. The number of halogens is 1. The Morgan fingerprint density at radius 1 is 0.974 bits per heavy atom. The molecule has 0 saturated heterocycles. The van der Waals surface area contributed by atoms with E-state index < -0.39 is 32.5 Å². The standard InChI is InChI=1S/C26H28ClN3O6S2/c1-3-29(37(32,33)23-13-9-22(10-14-23)36-4-2)18-26(31)28-21-8-5-19-15-16-30(25(19)17-21)38(34,35)24-11-6-20(27)7-12-24/h5-14,17H,3-4,15-16,18H2,1-2H3,(H,28,31). The second-order valence-corrected chi connectivity index (χ2v) is 12.7. The minimum Gasteiger partial charge on any atom is -0.494 e. The average Bonchev–Trinajstić information content (AvgIpc) is 3.32. The molecule has 0 aliphatic carbocycles. The quantitative estimate of drug-likeness (QED) is 0.387. The molecule has 0 bridgehead atoms. The maximum atomic E-state index is 13.2. The van der Waals surface area contributed by atoms with Gasteiger partial charge in [0.15, 0.2) is 0 Å². The summed E-state index contributed by atoms with van der Waals surface area (Å²) in [5.41, 5.74) is 1.65. The first-order chi connectivity index (χ1) is 18.1. The van der Waals surface area contributed by atoms with Gasteiger partial charge in [-0.25, -0.2) is 16.8 Å². The van der Waals surface area contributed by atoms with Gasteiger partial charge in [-0.1, -0.05) is 24.6 Å². The van der Waals surface area contributed by atoms with Crippen LogP contribution in [0, 0.1) is 0 Å². The Morgan fingerprint density at radius 3 is 2.26 bits per heavy atom. The van der Waals surface area contributed by atoms with Crippen molar-refractivity contribution in [1.29, 1.82) is 0 Å². The molecule has 1 N–H and O–H groups in total. The smallest absolute Gasteiger partial charge is 0.264 e. The van der Waals surface area contributed by atoms with Crippen LogP contribution in [-0.2, 0) is 31.3 Å². The second kappa shape index (κ2) is 11.3. The molecular weight excluding hydrogens is 550 g/mol. The summed E-state index contributed by atoms with van der Waals surface area (Å²) in [5.74, 6) is 0.00221. The zero-order valence-corrected chi connectivity index (χ0v) is 23.3. The number of ether oxygens (including phenoxy) is 1. The molecule has 202 valence electrons. The molecule has 0 fully saturated rings. The minimum atomic E-state index is -3.92. The first-order valence-electron chi connectivity index (χ1n) is 12.0. The van der Waals surface area contributed by atoms with Crippen LogP contribution in [0.2, 0.25) is 5.02 Å². The van der Waals surface area contributed by atoms with E-state index in [0.29, 0.717) is 35.2 Å². The topological polar surface area (TPSA) is 113 Å². The summed E-state index contributed by atoms with van der Waals surface area (Å²) in [7, 11) is -7.75. The lowest BCUT2D eigenvalue weighted by atomic mass is 10.1. The predicted octanol–water partition coefficient (Wildman–Crippen LogP) is 4.14. The number of sulfonamides is 2. The molecule has 1 aliphatic heterocycles. The van der Waals surface area contributed by atoms with Crippen LogP contribution >= 0.6 is 11.6 Å². The van der Waals surface area contributed by atoms with Gasteiger partial charge in [-0.2, -0.15) is 4.31 Å². The number of hydrogen-bond donors (Lipinski definition) is 1. The predicted molar refractivity (Wildman–Crippen MR) is 147 cm³/mol. The van der Waals surface area contributed by atoms with E-state index >= 15 is 0 Å². The van der Waals surface area contributed by atoms with Crippen LogP contribution in [0.4, 0.5) is 11.4 Å². The summed E-state index contributed by atoms with van der Waals surface area (Å²) in [4.78, 5) is 13.0. The van der Waals surface area contributed by atoms with Crippen LogP contribution in [0.15, 0.2) is 76.5 Å². The third kappa shape index (κ3) is 5.80. The largest absolute Gasteiger partial charge is 0.494 e. The molecule has 12 heteroatoms. The number of benzene rings is 3. The number of nitrogens with zero attached hydrogens (tertiary/aromatic N) is 2. The number of anilines is 2. The third-order valence-electron chi connectivity index (χ3n) is 6.07. The summed E-state index contributed by atoms with van der Waals surface area (Å²) in [6.45, 7) is 3.88. The molecule has 0 aromatic heterocycles. The zero-order valence-electron chi connectivity index (χ0n) is 20.9. The molecule has 1 aliphatic rings. The highest BCUT2D eigenvalue weighted by molar-refractivity contribution is 7.92. The summed E-state index contributed by atoms with van der Waals surface area (Å²) >= 11 is 5.90. The number of amides is 1. The molecule has 0 saturated carbocycles. The second-order valence-electron chi connectivity index (χ2n) is 8.51. The Morgan fingerprint density at radius 2 is 1.63 bits per heavy atom. The number of hydrogen-bond acceptors (Lipinski definition) is 6. The molecular formula is C26H28ClN3O6S2. The summed E-state index contributed by atoms with van der Waals surface area (Å²) in [6.07, 6.45) is 0.528. The van der Waals surface area contributed by atoms with E-state index in [0.717, 1.165) is 9.87 Å². The average molecular weight is 578 g/mol. The van der Waals surface area contributed by atoms with Gasteiger partial charge in [-0.3, -0.25) is 9.10 Å². The number of nitrogens with one attached hydrogen (secondary N) is 1. The fourth-order valence-electron chi connectivity index (χ4n) is 4.16. The molecule has 1 amide bonds. The maximum absolute atomic E-state index is 13.2. The summed E-state index contributed by atoms with van der Waals surface area (Å²) in [5, 5.41) is 3.13. The Kier molecular flexibility index (Phi) is 8.31. The van der Waals surface area contributed by atoms with Crippen LogP contribution in [0.3, 0.4) is 0 Å². The van der Waals surface area contributed by atoms with Gasteiger partial charge in [0.1, 0.15) is 5.75 Å². The van der Waals surface area contributed by atoms with Gasteiger partial charge < -0.3 is 10.1 Å². The Balaban J connectivity index is 1.50. The van der Waals surface area contributed by atoms with Crippen molar-refractivity contribution in [2.45, 2.75) is 30.1 Å². The lowest BCUT2D eigenvalue weighted by molar-refractivity contribution is -0.116. The van der Waals surface area contributed by atoms with Crippen molar-refractivity contribution in [2.24, 2.45) is 0 Å². The van der Waals surface area contributed by atoms with Crippen molar-refractivity contribution >= 4 is 48.9 Å². The van der Waals surface area contributed by atoms with Crippen molar-refractivity contribution in [3.63, 3.8) is 0 Å². The molecule has 0 unspecified atom stereocenters. The molecule has 3 aromatic rings. The number of carbonyl (C=O) groups is 1. The lowest BCUT2D eigenvalue weighted by Gasteiger charge is -2.21. The van der Waals surface area contributed by atoms with Crippen molar-refractivity contribution in [3.05, 3.63) is 77.3 Å². The van der Waals surface area contributed by atoms with Crippen molar-refractivity contribution < 1.29 is 26.4 Å². The van der Waals surface area contributed by atoms with E-state index in [4.69, 9.17) is 16.3 Å². The van der Waals surface area contributed by atoms with E-state index in [9.17, 15) is 21.6 Å². The van der Waals surface area contributed by atoms with E-state index in [1.165, 1.54) is 40.7 Å². The highest BCUT2D eigenvalue weighted by Gasteiger charge is 2.31. The van der Waals surface area contributed by atoms with Gasteiger partial charge >= 0.3 is 0 Å². The van der Waals surface area contributed by atoms with Gasteiger partial charge in [0.25, 0.3) is 10.0 Å².